The predicted molar refractivity (Wildman–Crippen MR) is 74.7 cm³/mol. The molecule has 2 rings (SSSR count). The summed E-state index contributed by atoms with van der Waals surface area (Å²) in [7, 11) is 0. The first kappa shape index (κ1) is 13.7. The van der Waals surface area contributed by atoms with Crippen molar-refractivity contribution in [2.24, 2.45) is 10.9 Å². The third-order valence-corrected chi connectivity index (χ3v) is 3.92. The fraction of sp³-hybridized carbons (Fsp3) is 0.929. The summed E-state index contributed by atoms with van der Waals surface area (Å²) in [4.78, 5) is 4.55. The van der Waals surface area contributed by atoms with Crippen molar-refractivity contribution in [1.29, 1.82) is 0 Å². The second-order valence-electron chi connectivity index (χ2n) is 5.80. The summed E-state index contributed by atoms with van der Waals surface area (Å²) < 4.78 is 0. The second kappa shape index (κ2) is 6.41. The highest BCUT2D eigenvalue weighted by molar-refractivity contribution is 5.79. The van der Waals surface area contributed by atoms with Crippen LogP contribution in [0.2, 0.25) is 0 Å². The Morgan fingerprint density at radius 1 is 1.22 bits per heavy atom. The van der Waals surface area contributed by atoms with Crippen LogP contribution in [0.15, 0.2) is 4.99 Å². The zero-order valence-electron chi connectivity index (χ0n) is 11.5. The molecule has 2 fully saturated rings. The molecule has 4 nitrogen and oxygen atoms in total. The Balaban J connectivity index is 1.80. The highest BCUT2D eigenvalue weighted by atomic mass is 16.3. The Bertz CT molecular complexity index is 281. The minimum Gasteiger partial charge on any atom is -0.388 e. The number of hydrogen-bond acceptors (Lipinski definition) is 2. The van der Waals surface area contributed by atoms with Crippen LogP contribution in [-0.2, 0) is 0 Å². The predicted octanol–water partition coefficient (Wildman–Crippen LogP) is 1.65. The average molecular weight is 253 g/mol. The Morgan fingerprint density at radius 3 is 2.56 bits per heavy atom. The van der Waals surface area contributed by atoms with Crippen LogP contribution in [0.1, 0.15) is 51.9 Å². The van der Waals surface area contributed by atoms with E-state index in [-0.39, 0.29) is 0 Å². The molecule has 0 saturated heterocycles. The molecule has 0 aliphatic heterocycles. The van der Waals surface area contributed by atoms with Gasteiger partial charge in [0.25, 0.3) is 0 Å². The SMILES string of the molecule is CCNC(=NCC1(O)CCCCC1)NCC1CC1. The molecule has 0 aromatic heterocycles. The largest absolute Gasteiger partial charge is 0.388 e. The molecule has 0 radical (unpaired) electrons. The maximum absolute atomic E-state index is 10.4. The topological polar surface area (TPSA) is 56.7 Å². The van der Waals surface area contributed by atoms with Gasteiger partial charge in [-0.3, -0.25) is 4.99 Å². The van der Waals surface area contributed by atoms with Crippen LogP contribution in [0.25, 0.3) is 0 Å². The lowest BCUT2D eigenvalue weighted by atomic mass is 9.85. The van der Waals surface area contributed by atoms with Gasteiger partial charge in [-0.1, -0.05) is 19.3 Å². The lowest BCUT2D eigenvalue weighted by Gasteiger charge is -2.30. The van der Waals surface area contributed by atoms with E-state index in [1.165, 1.54) is 19.3 Å². The highest BCUT2D eigenvalue weighted by Gasteiger charge is 2.29. The molecule has 2 aliphatic rings. The zero-order valence-corrected chi connectivity index (χ0v) is 11.5. The number of aliphatic hydroxyl groups is 1. The number of rotatable bonds is 5. The summed E-state index contributed by atoms with van der Waals surface area (Å²) in [6.07, 6.45) is 8.02. The van der Waals surface area contributed by atoms with Crippen molar-refractivity contribution >= 4 is 5.96 Å². The maximum Gasteiger partial charge on any atom is 0.191 e. The molecule has 0 amide bonds. The number of nitrogens with zero attached hydrogens (tertiary/aromatic N) is 1. The third-order valence-electron chi connectivity index (χ3n) is 3.92. The van der Waals surface area contributed by atoms with E-state index in [1.807, 2.05) is 0 Å². The van der Waals surface area contributed by atoms with Gasteiger partial charge in [-0.2, -0.15) is 0 Å². The second-order valence-corrected chi connectivity index (χ2v) is 5.80. The van der Waals surface area contributed by atoms with Crippen LogP contribution in [-0.4, -0.2) is 36.3 Å². The third kappa shape index (κ3) is 4.48. The van der Waals surface area contributed by atoms with Gasteiger partial charge in [-0.25, -0.2) is 0 Å². The standard InChI is InChI=1S/C14H27N3O/c1-2-15-13(16-10-12-6-7-12)17-11-14(18)8-4-3-5-9-14/h12,18H,2-11H2,1H3,(H2,15,16,17). The van der Waals surface area contributed by atoms with Gasteiger partial charge in [0.15, 0.2) is 5.96 Å². The molecule has 2 aliphatic carbocycles. The van der Waals surface area contributed by atoms with Crippen molar-refractivity contribution in [2.75, 3.05) is 19.6 Å². The minimum atomic E-state index is -0.555. The van der Waals surface area contributed by atoms with Gasteiger partial charge < -0.3 is 15.7 Å². The fourth-order valence-electron chi connectivity index (χ4n) is 2.50. The first-order valence-corrected chi connectivity index (χ1v) is 7.46. The van der Waals surface area contributed by atoms with Gasteiger partial charge in [-0.15, -0.1) is 0 Å². The summed E-state index contributed by atoms with van der Waals surface area (Å²) in [5.74, 6) is 1.70. The molecule has 0 bridgehead atoms. The highest BCUT2D eigenvalue weighted by Crippen LogP contribution is 2.28. The zero-order chi connectivity index (χ0) is 12.8. The molecule has 0 unspecified atom stereocenters. The van der Waals surface area contributed by atoms with E-state index < -0.39 is 5.60 Å². The molecule has 0 atom stereocenters. The lowest BCUT2D eigenvalue weighted by molar-refractivity contribution is 0.0131. The molecule has 3 N–H and O–H groups in total. The Morgan fingerprint density at radius 2 is 1.94 bits per heavy atom. The van der Waals surface area contributed by atoms with Crippen molar-refractivity contribution in [1.82, 2.24) is 10.6 Å². The van der Waals surface area contributed by atoms with E-state index in [0.717, 1.165) is 50.7 Å². The molecule has 0 spiro atoms. The number of aliphatic imine (C=N–C) groups is 1. The van der Waals surface area contributed by atoms with Crippen LogP contribution in [0, 0.1) is 5.92 Å². The van der Waals surface area contributed by atoms with Crippen LogP contribution < -0.4 is 10.6 Å². The van der Waals surface area contributed by atoms with Crippen molar-refractivity contribution in [2.45, 2.75) is 57.5 Å². The number of hydrogen-bond donors (Lipinski definition) is 3. The molecule has 0 aromatic carbocycles. The van der Waals surface area contributed by atoms with Gasteiger partial charge in [0.1, 0.15) is 0 Å². The number of nitrogens with one attached hydrogen (secondary N) is 2. The molecular weight excluding hydrogens is 226 g/mol. The van der Waals surface area contributed by atoms with Crippen molar-refractivity contribution < 1.29 is 5.11 Å². The van der Waals surface area contributed by atoms with Gasteiger partial charge in [0.2, 0.25) is 0 Å². The quantitative estimate of drug-likeness (QED) is 0.516. The summed E-state index contributed by atoms with van der Waals surface area (Å²) in [5, 5.41) is 17.0. The molecule has 18 heavy (non-hydrogen) atoms. The first-order valence-electron chi connectivity index (χ1n) is 7.46. The average Bonchev–Trinajstić information content (AvgIpc) is 3.18. The van der Waals surface area contributed by atoms with Crippen LogP contribution in [0.3, 0.4) is 0 Å². The van der Waals surface area contributed by atoms with E-state index in [9.17, 15) is 5.11 Å². The Labute approximate surface area is 110 Å². The fourth-order valence-corrected chi connectivity index (χ4v) is 2.50. The minimum absolute atomic E-state index is 0.535. The van der Waals surface area contributed by atoms with E-state index in [2.05, 4.69) is 22.5 Å². The van der Waals surface area contributed by atoms with E-state index in [1.54, 1.807) is 0 Å². The van der Waals surface area contributed by atoms with Crippen molar-refractivity contribution in [3.05, 3.63) is 0 Å². The van der Waals surface area contributed by atoms with E-state index in [0.29, 0.717) is 6.54 Å². The molecule has 0 heterocycles. The Kier molecular flexibility index (Phi) is 4.87. The summed E-state index contributed by atoms with van der Waals surface area (Å²) >= 11 is 0. The van der Waals surface area contributed by atoms with E-state index in [4.69, 9.17) is 0 Å². The molecule has 4 heteroatoms. The maximum atomic E-state index is 10.4. The van der Waals surface area contributed by atoms with Crippen LogP contribution in [0.4, 0.5) is 0 Å². The van der Waals surface area contributed by atoms with Crippen LogP contribution in [0.5, 0.6) is 0 Å². The normalized spacial score (nSPS) is 23.8. The number of guanidine groups is 1. The Hall–Kier alpha value is -0.770. The summed E-state index contributed by atoms with van der Waals surface area (Å²) in [5.41, 5.74) is -0.555. The van der Waals surface area contributed by atoms with E-state index >= 15 is 0 Å². The van der Waals surface area contributed by atoms with Gasteiger partial charge in [0, 0.05) is 13.1 Å². The molecule has 0 aromatic rings. The smallest absolute Gasteiger partial charge is 0.191 e. The molecular formula is C14H27N3O. The van der Waals surface area contributed by atoms with Gasteiger partial charge in [-0.05, 0) is 38.5 Å². The monoisotopic (exact) mass is 253 g/mol. The summed E-state index contributed by atoms with van der Waals surface area (Å²) in [6.45, 7) is 4.50. The summed E-state index contributed by atoms with van der Waals surface area (Å²) in [6, 6.07) is 0. The first-order chi connectivity index (χ1) is 8.72. The van der Waals surface area contributed by atoms with Gasteiger partial charge >= 0.3 is 0 Å². The van der Waals surface area contributed by atoms with Crippen LogP contribution >= 0.6 is 0 Å². The van der Waals surface area contributed by atoms with Crippen molar-refractivity contribution in [3.8, 4) is 0 Å². The molecule has 2 saturated carbocycles. The molecule has 104 valence electrons. The van der Waals surface area contributed by atoms with Gasteiger partial charge in [0.05, 0.1) is 12.1 Å². The van der Waals surface area contributed by atoms with Crippen molar-refractivity contribution in [3.63, 3.8) is 0 Å². The lowest BCUT2D eigenvalue weighted by Crippen LogP contribution is -2.41.